The van der Waals surface area contributed by atoms with E-state index in [2.05, 4.69) is 28.1 Å². The van der Waals surface area contributed by atoms with Crippen LogP contribution in [-0.2, 0) is 22.4 Å². The first-order valence-electron chi connectivity index (χ1n) is 10.8. The normalized spacial score (nSPS) is 19.2. The van der Waals surface area contributed by atoms with Crippen LogP contribution in [0.5, 0.6) is 11.5 Å². The second-order valence-electron chi connectivity index (χ2n) is 8.23. The fourth-order valence-corrected chi connectivity index (χ4v) is 4.99. The molecule has 32 heavy (non-hydrogen) atoms. The van der Waals surface area contributed by atoms with Gasteiger partial charge in [-0.2, -0.15) is 0 Å². The number of cyclic esters (lactones) is 1. The lowest BCUT2D eigenvalue weighted by atomic mass is 9.98. The predicted octanol–water partition coefficient (Wildman–Crippen LogP) is 3.76. The lowest BCUT2D eigenvalue weighted by Crippen LogP contribution is -2.50. The van der Waals surface area contributed by atoms with E-state index in [4.69, 9.17) is 9.47 Å². The summed E-state index contributed by atoms with van der Waals surface area (Å²) < 4.78 is 11.2. The quantitative estimate of drug-likeness (QED) is 0.650. The number of halogens is 1. The van der Waals surface area contributed by atoms with E-state index in [-0.39, 0.29) is 36.3 Å². The number of nitrogens with zero attached hydrogens (tertiary/aromatic N) is 2. The second kappa shape index (κ2) is 9.81. The van der Waals surface area contributed by atoms with Crippen molar-refractivity contribution in [3.05, 3.63) is 58.1 Å². The third-order valence-electron chi connectivity index (χ3n) is 6.22. The summed E-state index contributed by atoms with van der Waals surface area (Å²) in [5, 5.41) is 9.87. The molecule has 2 aliphatic rings. The minimum atomic E-state index is -0.254. The van der Waals surface area contributed by atoms with Crippen molar-refractivity contribution < 1.29 is 24.2 Å². The van der Waals surface area contributed by atoms with E-state index in [0.29, 0.717) is 29.9 Å². The molecule has 0 radical (unpaired) electrons. The number of phenols is 1. The maximum absolute atomic E-state index is 12.9. The summed E-state index contributed by atoms with van der Waals surface area (Å²) in [6.07, 6.45) is 2.18. The Morgan fingerprint density at radius 1 is 1.22 bits per heavy atom. The molecule has 2 saturated heterocycles. The van der Waals surface area contributed by atoms with Crippen molar-refractivity contribution in [1.82, 2.24) is 9.80 Å². The molecule has 2 fully saturated rings. The molecule has 2 heterocycles. The van der Waals surface area contributed by atoms with Gasteiger partial charge in [0.15, 0.2) is 11.5 Å². The third-order valence-corrected chi connectivity index (χ3v) is 6.96. The van der Waals surface area contributed by atoms with Crippen LogP contribution in [0, 0.1) is 0 Å². The Kier molecular flexibility index (Phi) is 6.89. The van der Waals surface area contributed by atoms with Gasteiger partial charge in [0, 0.05) is 23.6 Å². The molecule has 1 N–H and O–H groups in total. The standard InChI is InChI=1S/C24H27BrN2O5/c1-31-22-12-17(20(25)14-21(22)28)13-23(29)26-9-7-18(8-10-26)27-19(15-32-24(27)30)11-16-5-3-2-4-6-16/h2-6,12,14,18-19,28H,7-11,13,15H2,1H3/t19-/m1/s1. The molecule has 0 bridgehead atoms. The SMILES string of the molecule is COc1cc(CC(=O)N2CCC(N3C(=O)OC[C@H]3Cc3ccccc3)CC2)c(Br)cc1O. The van der Waals surface area contributed by atoms with Crippen molar-refractivity contribution >= 4 is 27.9 Å². The van der Waals surface area contributed by atoms with Gasteiger partial charge in [-0.1, -0.05) is 46.3 Å². The van der Waals surface area contributed by atoms with Gasteiger partial charge >= 0.3 is 6.09 Å². The van der Waals surface area contributed by atoms with Crippen LogP contribution in [0.25, 0.3) is 0 Å². The molecular weight excluding hydrogens is 476 g/mol. The van der Waals surface area contributed by atoms with Gasteiger partial charge in [-0.3, -0.25) is 9.69 Å². The van der Waals surface area contributed by atoms with E-state index in [9.17, 15) is 14.7 Å². The van der Waals surface area contributed by atoms with Crippen molar-refractivity contribution in [2.75, 3.05) is 26.8 Å². The van der Waals surface area contributed by atoms with Crippen LogP contribution in [0.15, 0.2) is 46.9 Å². The summed E-state index contributed by atoms with van der Waals surface area (Å²) in [6.45, 7) is 1.60. The number of hydrogen-bond acceptors (Lipinski definition) is 5. The largest absolute Gasteiger partial charge is 0.504 e. The van der Waals surface area contributed by atoms with E-state index < -0.39 is 0 Å². The van der Waals surface area contributed by atoms with Gasteiger partial charge in [-0.05, 0) is 42.5 Å². The van der Waals surface area contributed by atoms with Crippen LogP contribution in [0.1, 0.15) is 24.0 Å². The number of rotatable bonds is 6. The van der Waals surface area contributed by atoms with Crippen LogP contribution in [0.4, 0.5) is 4.79 Å². The predicted molar refractivity (Wildman–Crippen MR) is 123 cm³/mol. The third kappa shape index (κ3) is 4.85. The minimum Gasteiger partial charge on any atom is -0.504 e. The molecule has 0 saturated carbocycles. The van der Waals surface area contributed by atoms with Crippen LogP contribution < -0.4 is 4.74 Å². The number of aromatic hydroxyl groups is 1. The molecule has 4 rings (SSSR count). The maximum Gasteiger partial charge on any atom is 0.410 e. The summed E-state index contributed by atoms with van der Waals surface area (Å²) >= 11 is 3.41. The number of piperidine rings is 1. The van der Waals surface area contributed by atoms with E-state index in [1.54, 1.807) is 12.1 Å². The van der Waals surface area contributed by atoms with Crippen LogP contribution >= 0.6 is 15.9 Å². The molecule has 2 aliphatic heterocycles. The van der Waals surface area contributed by atoms with Crippen molar-refractivity contribution in [2.24, 2.45) is 0 Å². The summed E-state index contributed by atoms with van der Waals surface area (Å²) in [5.74, 6) is 0.382. The highest BCUT2D eigenvalue weighted by Gasteiger charge is 2.39. The first-order valence-corrected chi connectivity index (χ1v) is 11.6. The summed E-state index contributed by atoms with van der Waals surface area (Å²) in [6, 6.07) is 13.4. The number of ether oxygens (including phenoxy) is 2. The topological polar surface area (TPSA) is 79.3 Å². The first kappa shape index (κ1) is 22.5. The number of carbonyl (C=O) groups excluding carboxylic acids is 2. The van der Waals surface area contributed by atoms with Crippen LogP contribution in [0.2, 0.25) is 0 Å². The Morgan fingerprint density at radius 3 is 2.62 bits per heavy atom. The average Bonchev–Trinajstić information content (AvgIpc) is 3.16. The molecular formula is C24H27BrN2O5. The number of benzene rings is 2. The Hall–Kier alpha value is -2.74. The van der Waals surface area contributed by atoms with Gasteiger partial charge in [0.05, 0.1) is 19.6 Å². The molecule has 0 spiro atoms. The molecule has 1 atom stereocenters. The molecule has 170 valence electrons. The van der Waals surface area contributed by atoms with Gasteiger partial charge in [0.2, 0.25) is 5.91 Å². The number of amides is 2. The van der Waals surface area contributed by atoms with Crippen molar-refractivity contribution in [3.8, 4) is 11.5 Å². The summed E-state index contributed by atoms with van der Waals surface area (Å²) in [4.78, 5) is 29.1. The molecule has 8 heteroatoms. The zero-order chi connectivity index (χ0) is 22.7. The fourth-order valence-electron chi connectivity index (χ4n) is 4.51. The zero-order valence-electron chi connectivity index (χ0n) is 18.0. The lowest BCUT2D eigenvalue weighted by molar-refractivity contribution is -0.131. The average molecular weight is 503 g/mol. The van der Waals surface area contributed by atoms with Crippen molar-refractivity contribution in [3.63, 3.8) is 0 Å². The van der Waals surface area contributed by atoms with Crippen LogP contribution in [0.3, 0.4) is 0 Å². The first-order chi connectivity index (χ1) is 15.5. The lowest BCUT2D eigenvalue weighted by Gasteiger charge is -2.38. The van der Waals surface area contributed by atoms with E-state index >= 15 is 0 Å². The highest BCUT2D eigenvalue weighted by atomic mass is 79.9. The highest BCUT2D eigenvalue weighted by Crippen LogP contribution is 2.33. The fraction of sp³-hybridized carbons (Fsp3) is 0.417. The molecule has 2 aromatic rings. The highest BCUT2D eigenvalue weighted by molar-refractivity contribution is 9.10. The Balaban J connectivity index is 1.36. The summed E-state index contributed by atoms with van der Waals surface area (Å²) in [7, 11) is 1.48. The zero-order valence-corrected chi connectivity index (χ0v) is 19.6. The molecule has 7 nitrogen and oxygen atoms in total. The van der Waals surface area contributed by atoms with Gasteiger partial charge in [-0.15, -0.1) is 0 Å². The molecule has 0 aromatic heterocycles. The molecule has 2 amide bonds. The number of likely N-dealkylation sites (tertiary alicyclic amines) is 1. The number of methoxy groups -OCH3 is 1. The Labute approximate surface area is 196 Å². The Morgan fingerprint density at radius 2 is 1.94 bits per heavy atom. The van der Waals surface area contributed by atoms with Gasteiger partial charge in [0.25, 0.3) is 0 Å². The van der Waals surface area contributed by atoms with E-state index in [0.717, 1.165) is 24.8 Å². The monoisotopic (exact) mass is 502 g/mol. The molecule has 0 aliphatic carbocycles. The van der Waals surface area contributed by atoms with Gasteiger partial charge < -0.3 is 19.5 Å². The number of phenolic OH excluding ortho intramolecular Hbond substituents is 1. The van der Waals surface area contributed by atoms with Crippen molar-refractivity contribution in [1.29, 1.82) is 0 Å². The molecule has 0 unspecified atom stereocenters. The van der Waals surface area contributed by atoms with Gasteiger partial charge in [0.1, 0.15) is 6.61 Å². The summed E-state index contributed by atoms with van der Waals surface area (Å²) in [5.41, 5.74) is 1.95. The minimum absolute atomic E-state index is 0.0155. The maximum atomic E-state index is 12.9. The second-order valence-corrected chi connectivity index (χ2v) is 9.09. The van der Waals surface area contributed by atoms with E-state index in [1.165, 1.54) is 12.7 Å². The van der Waals surface area contributed by atoms with E-state index in [1.807, 2.05) is 28.0 Å². The molecule has 2 aromatic carbocycles. The van der Waals surface area contributed by atoms with Crippen molar-refractivity contribution in [2.45, 2.75) is 37.8 Å². The number of hydrogen-bond donors (Lipinski definition) is 1. The number of carbonyl (C=O) groups is 2. The smallest absolute Gasteiger partial charge is 0.410 e. The van der Waals surface area contributed by atoms with Crippen LogP contribution in [-0.4, -0.2) is 65.8 Å². The van der Waals surface area contributed by atoms with Gasteiger partial charge in [-0.25, -0.2) is 4.79 Å². The Bertz CT molecular complexity index is 976.